The SMILES string of the molecule is O=C(O)c1ccccc1NCc1cnco1. The van der Waals surface area contributed by atoms with Crippen LogP contribution in [-0.2, 0) is 6.54 Å². The van der Waals surface area contributed by atoms with Crippen LogP contribution in [0, 0.1) is 0 Å². The molecule has 0 aliphatic rings. The summed E-state index contributed by atoms with van der Waals surface area (Å²) in [7, 11) is 0. The molecule has 0 spiro atoms. The Balaban J connectivity index is 2.12. The molecule has 0 radical (unpaired) electrons. The highest BCUT2D eigenvalue weighted by Gasteiger charge is 2.08. The molecule has 2 rings (SSSR count). The van der Waals surface area contributed by atoms with Crippen molar-refractivity contribution >= 4 is 11.7 Å². The Labute approximate surface area is 91.7 Å². The van der Waals surface area contributed by atoms with E-state index in [0.717, 1.165) is 0 Å². The second kappa shape index (κ2) is 4.48. The molecule has 0 saturated heterocycles. The lowest BCUT2D eigenvalue weighted by atomic mass is 10.2. The van der Waals surface area contributed by atoms with Gasteiger partial charge in [0.25, 0.3) is 0 Å². The lowest BCUT2D eigenvalue weighted by Crippen LogP contribution is -2.05. The van der Waals surface area contributed by atoms with Gasteiger partial charge in [-0.15, -0.1) is 0 Å². The van der Waals surface area contributed by atoms with Crippen LogP contribution in [0.3, 0.4) is 0 Å². The zero-order chi connectivity index (χ0) is 11.4. The lowest BCUT2D eigenvalue weighted by molar-refractivity contribution is 0.0698. The third-order valence-corrected chi connectivity index (χ3v) is 2.09. The average Bonchev–Trinajstić information content (AvgIpc) is 2.79. The van der Waals surface area contributed by atoms with Gasteiger partial charge in [-0.3, -0.25) is 0 Å². The van der Waals surface area contributed by atoms with Gasteiger partial charge in [0.15, 0.2) is 6.39 Å². The van der Waals surface area contributed by atoms with E-state index in [1.807, 2.05) is 0 Å². The van der Waals surface area contributed by atoms with Gasteiger partial charge in [-0.05, 0) is 12.1 Å². The van der Waals surface area contributed by atoms with Gasteiger partial charge in [0.2, 0.25) is 0 Å². The second-order valence-corrected chi connectivity index (χ2v) is 3.17. The number of carbonyl (C=O) groups is 1. The van der Waals surface area contributed by atoms with Crippen LogP contribution in [0.25, 0.3) is 0 Å². The normalized spacial score (nSPS) is 10.0. The number of carboxylic acid groups (broad SMARTS) is 1. The molecule has 1 aromatic heterocycles. The minimum absolute atomic E-state index is 0.238. The summed E-state index contributed by atoms with van der Waals surface area (Å²) in [5.74, 6) is -0.305. The van der Waals surface area contributed by atoms with E-state index in [0.29, 0.717) is 18.0 Å². The molecular weight excluding hydrogens is 208 g/mol. The Kier molecular flexibility index (Phi) is 2.86. The smallest absolute Gasteiger partial charge is 0.337 e. The van der Waals surface area contributed by atoms with Crippen LogP contribution in [0.2, 0.25) is 0 Å². The number of hydrogen-bond donors (Lipinski definition) is 2. The largest absolute Gasteiger partial charge is 0.478 e. The third-order valence-electron chi connectivity index (χ3n) is 2.09. The first-order valence-corrected chi connectivity index (χ1v) is 4.71. The van der Waals surface area contributed by atoms with Crippen molar-refractivity contribution in [2.75, 3.05) is 5.32 Å². The fraction of sp³-hybridized carbons (Fsp3) is 0.0909. The minimum atomic E-state index is -0.958. The van der Waals surface area contributed by atoms with E-state index in [-0.39, 0.29) is 5.56 Å². The average molecular weight is 218 g/mol. The molecule has 5 nitrogen and oxygen atoms in total. The summed E-state index contributed by atoms with van der Waals surface area (Å²) in [6.07, 6.45) is 2.91. The third kappa shape index (κ3) is 2.20. The van der Waals surface area contributed by atoms with E-state index < -0.39 is 5.97 Å². The van der Waals surface area contributed by atoms with Crippen molar-refractivity contribution < 1.29 is 14.3 Å². The monoisotopic (exact) mass is 218 g/mol. The molecule has 0 amide bonds. The van der Waals surface area contributed by atoms with Gasteiger partial charge in [0.05, 0.1) is 18.3 Å². The first-order valence-electron chi connectivity index (χ1n) is 4.71. The van der Waals surface area contributed by atoms with E-state index >= 15 is 0 Å². The van der Waals surface area contributed by atoms with Gasteiger partial charge in [-0.1, -0.05) is 12.1 Å². The van der Waals surface area contributed by atoms with Gasteiger partial charge in [0.1, 0.15) is 5.76 Å². The van der Waals surface area contributed by atoms with Gasteiger partial charge in [-0.2, -0.15) is 0 Å². The number of aromatic nitrogens is 1. The van der Waals surface area contributed by atoms with E-state index in [4.69, 9.17) is 9.52 Å². The van der Waals surface area contributed by atoms with Crippen molar-refractivity contribution in [3.05, 3.63) is 48.2 Å². The lowest BCUT2D eigenvalue weighted by Gasteiger charge is -2.07. The predicted octanol–water partition coefficient (Wildman–Crippen LogP) is 1.98. The van der Waals surface area contributed by atoms with Crippen LogP contribution < -0.4 is 5.32 Å². The van der Waals surface area contributed by atoms with Crippen molar-refractivity contribution in [1.29, 1.82) is 0 Å². The highest BCUT2D eigenvalue weighted by molar-refractivity contribution is 5.94. The molecule has 0 unspecified atom stereocenters. The molecule has 0 atom stereocenters. The minimum Gasteiger partial charge on any atom is -0.478 e. The number of nitrogens with zero attached hydrogens (tertiary/aromatic N) is 1. The standard InChI is InChI=1S/C11H10N2O3/c14-11(15)9-3-1-2-4-10(9)13-6-8-5-12-7-16-8/h1-5,7,13H,6H2,(H,14,15). The topological polar surface area (TPSA) is 75.4 Å². The van der Waals surface area contributed by atoms with Crippen LogP contribution in [0.5, 0.6) is 0 Å². The molecule has 16 heavy (non-hydrogen) atoms. The number of aromatic carboxylic acids is 1. The predicted molar refractivity (Wildman–Crippen MR) is 57.2 cm³/mol. The number of rotatable bonds is 4. The highest BCUT2D eigenvalue weighted by atomic mass is 16.4. The quantitative estimate of drug-likeness (QED) is 0.820. The number of oxazole rings is 1. The van der Waals surface area contributed by atoms with Gasteiger partial charge >= 0.3 is 5.97 Å². The van der Waals surface area contributed by atoms with Crippen LogP contribution in [0.4, 0.5) is 5.69 Å². The van der Waals surface area contributed by atoms with Crippen LogP contribution in [0.1, 0.15) is 16.1 Å². The van der Waals surface area contributed by atoms with E-state index in [9.17, 15) is 4.79 Å². The maximum atomic E-state index is 10.9. The molecule has 5 heteroatoms. The number of carboxylic acids is 1. The molecule has 2 N–H and O–H groups in total. The molecule has 0 fully saturated rings. The van der Waals surface area contributed by atoms with E-state index in [2.05, 4.69) is 10.3 Å². The summed E-state index contributed by atoms with van der Waals surface area (Å²) in [6.45, 7) is 0.407. The number of anilines is 1. The molecule has 0 aliphatic heterocycles. The fourth-order valence-corrected chi connectivity index (χ4v) is 1.34. The number of benzene rings is 1. The summed E-state index contributed by atoms with van der Waals surface area (Å²) in [4.78, 5) is 14.7. The molecule has 0 aliphatic carbocycles. The van der Waals surface area contributed by atoms with E-state index in [1.54, 1.807) is 30.5 Å². The van der Waals surface area contributed by atoms with Gasteiger partial charge in [0, 0.05) is 5.69 Å². The number of nitrogens with one attached hydrogen (secondary N) is 1. The molecule has 1 heterocycles. The fourth-order valence-electron chi connectivity index (χ4n) is 1.34. The van der Waals surface area contributed by atoms with Gasteiger partial charge < -0.3 is 14.8 Å². The van der Waals surface area contributed by atoms with Crippen molar-refractivity contribution in [3.63, 3.8) is 0 Å². The summed E-state index contributed by atoms with van der Waals surface area (Å²) < 4.78 is 5.03. The number of hydrogen-bond acceptors (Lipinski definition) is 4. The van der Waals surface area contributed by atoms with E-state index in [1.165, 1.54) is 6.39 Å². The molecule has 2 aromatic rings. The zero-order valence-corrected chi connectivity index (χ0v) is 8.38. The van der Waals surface area contributed by atoms with Gasteiger partial charge in [-0.25, -0.2) is 9.78 Å². The summed E-state index contributed by atoms with van der Waals surface area (Å²) in [5.41, 5.74) is 0.799. The van der Waals surface area contributed by atoms with Crippen LogP contribution in [-0.4, -0.2) is 16.1 Å². The Bertz CT molecular complexity index is 480. The Morgan fingerprint density at radius 1 is 1.44 bits per heavy atom. The van der Waals surface area contributed by atoms with Crippen molar-refractivity contribution in [3.8, 4) is 0 Å². The summed E-state index contributed by atoms with van der Waals surface area (Å²) in [5, 5.41) is 11.9. The number of para-hydroxylation sites is 1. The van der Waals surface area contributed by atoms with Crippen molar-refractivity contribution in [2.24, 2.45) is 0 Å². The molecule has 0 saturated carbocycles. The molecule has 82 valence electrons. The molecule has 0 bridgehead atoms. The highest BCUT2D eigenvalue weighted by Crippen LogP contribution is 2.15. The zero-order valence-electron chi connectivity index (χ0n) is 8.38. The first kappa shape index (κ1) is 10.2. The maximum absolute atomic E-state index is 10.9. The summed E-state index contributed by atoms with van der Waals surface area (Å²) in [6, 6.07) is 6.71. The Morgan fingerprint density at radius 2 is 2.25 bits per heavy atom. The molecular formula is C11H10N2O3. The second-order valence-electron chi connectivity index (χ2n) is 3.17. The Morgan fingerprint density at radius 3 is 2.94 bits per heavy atom. The molecule has 1 aromatic carbocycles. The summed E-state index contributed by atoms with van der Waals surface area (Å²) >= 11 is 0. The van der Waals surface area contributed by atoms with Crippen LogP contribution in [0.15, 0.2) is 41.3 Å². The van der Waals surface area contributed by atoms with Crippen molar-refractivity contribution in [2.45, 2.75) is 6.54 Å². The maximum Gasteiger partial charge on any atom is 0.337 e. The Hall–Kier alpha value is -2.30. The first-order chi connectivity index (χ1) is 7.77. The van der Waals surface area contributed by atoms with Crippen molar-refractivity contribution in [1.82, 2.24) is 4.98 Å². The van der Waals surface area contributed by atoms with Crippen LogP contribution >= 0.6 is 0 Å².